The Morgan fingerprint density at radius 1 is 1.16 bits per heavy atom. The summed E-state index contributed by atoms with van der Waals surface area (Å²) in [5, 5.41) is 2.91. The first-order valence-corrected chi connectivity index (χ1v) is 10.5. The van der Waals surface area contributed by atoms with E-state index in [0.29, 0.717) is 54.9 Å². The van der Waals surface area contributed by atoms with E-state index in [9.17, 15) is 19.2 Å². The van der Waals surface area contributed by atoms with Gasteiger partial charge in [-0.05, 0) is 25.8 Å². The standard InChI is InChI=1S/C22H25N3O7/c1-3-24-11-15(20(27)14-8-17-18(9-16(14)24)32-12-31-17)21(28)23-10-19(26)25-6-4-13(5-7-25)22(29)30-2/h8-9,11,13H,3-7,10,12H2,1-2H3,(H,23,28). The lowest BCUT2D eigenvalue weighted by molar-refractivity contribution is -0.148. The lowest BCUT2D eigenvalue weighted by Crippen LogP contribution is -2.45. The van der Waals surface area contributed by atoms with Gasteiger partial charge >= 0.3 is 5.97 Å². The van der Waals surface area contributed by atoms with Gasteiger partial charge in [0.05, 0.1) is 30.5 Å². The van der Waals surface area contributed by atoms with Gasteiger partial charge in [-0.15, -0.1) is 0 Å². The van der Waals surface area contributed by atoms with Crippen LogP contribution in [0.2, 0.25) is 0 Å². The molecule has 1 aromatic heterocycles. The van der Waals surface area contributed by atoms with Crippen LogP contribution < -0.4 is 20.2 Å². The summed E-state index contributed by atoms with van der Waals surface area (Å²) >= 11 is 0. The summed E-state index contributed by atoms with van der Waals surface area (Å²) in [5.74, 6) is -0.342. The summed E-state index contributed by atoms with van der Waals surface area (Å²) in [6, 6.07) is 3.31. The number of carbonyl (C=O) groups excluding carboxylic acids is 3. The number of amides is 2. The lowest BCUT2D eigenvalue weighted by atomic mass is 9.97. The molecule has 2 amide bonds. The Morgan fingerprint density at radius 3 is 2.50 bits per heavy atom. The van der Waals surface area contributed by atoms with Gasteiger partial charge < -0.3 is 29.0 Å². The van der Waals surface area contributed by atoms with Crippen molar-refractivity contribution in [3.63, 3.8) is 0 Å². The van der Waals surface area contributed by atoms with Crippen LogP contribution in [0.15, 0.2) is 23.1 Å². The van der Waals surface area contributed by atoms with E-state index in [0.717, 1.165) is 0 Å². The van der Waals surface area contributed by atoms with E-state index in [-0.39, 0.29) is 36.7 Å². The summed E-state index contributed by atoms with van der Waals surface area (Å²) in [4.78, 5) is 51.5. The molecule has 1 N–H and O–H groups in total. The van der Waals surface area contributed by atoms with Crippen LogP contribution >= 0.6 is 0 Å². The maximum absolute atomic E-state index is 13.0. The molecule has 2 aromatic rings. The molecule has 0 spiro atoms. The van der Waals surface area contributed by atoms with Crippen LogP contribution in [0.1, 0.15) is 30.1 Å². The van der Waals surface area contributed by atoms with E-state index < -0.39 is 11.3 Å². The zero-order chi connectivity index (χ0) is 22.8. The van der Waals surface area contributed by atoms with Gasteiger partial charge in [0.25, 0.3) is 5.91 Å². The molecular weight excluding hydrogens is 418 g/mol. The highest BCUT2D eigenvalue weighted by molar-refractivity contribution is 5.99. The Morgan fingerprint density at radius 2 is 1.84 bits per heavy atom. The van der Waals surface area contributed by atoms with Crippen molar-refractivity contribution in [3.05, 3.63) is 34.1 Å². The molecule has 1 fully saturated rings. The minimum absolute atomic E-state index is 0.0459. The number of ether oxygens (including phenoxy) is 3. The van der Waals surface area contributed by atoms with Crippen molar-refractivity contribution in [2.24, 2.45) is 5.92 Å². The lowest BCUT2D eigenvalue weighted by Gasteiger charge is -2.30. The number of hydrogen-bond donors (Lipinski definition) is 1. The number of aromatic nitrogens is 1. The monoisotopic (exact) mass is 443 g/mol. The number of benzene rings is 1. The number of nitrogens with one attached hydrogen (secondary N) is 1. The summed E-state index contributed by atoms with van der Waals surface area (Å²) in [6.07, 6.45) is 2.54. The number of hydrogen-bond acceptors (Lipinski definition) is 7. The quantitative estimate of drug-likeness (QED) is 0.683. The average molecular weight is 443 g/mol. The van der Waals surface area contributed by atoms with Gasteiger partial charge in [0.1, 0.15) is 5.56 Å². The Hall–Kier alpha value is -3.56. The second-order valence-electron chi connectivity index (χ2n) is 7.74. The van der Waals surface area contributed by atoms with Gasteiger partial charge in [-0.2, -0.15) is 0 Å². The van der Waals surface area contributed by atoms with Crippen LogP contribution in [-0.4, -0.2) is 60.8 Å². The third-order valence-corrected chi connectivity index (χ3v) is 5.94. The first kappa shape index (κ1) is 21.7. The number of carbonyl (C=O) groups is 3. The Labute approximate surface area is 184 Å². The van der Waals surface area contributed by atoms with Crippen molar-refractivity contribution in [2.45, 2.75) is 26.3 Å². The normalized spacial score (nSPS) is 15.6. The fourth-order valence-electron chi connectivity index (χ4n) is 4.10. The zero-order valence-corrected chi connectivity index (χ0v) is 18.0. The number of nitrogens with zero attached hydrogens (tertiary/aromatic N) is 2. The molecule has 170 valence electrons. The van der Waals surface area contributed by atoms with Crippen LogP contribution in [0.5, 0.6) is 11.5 Å². The largest absolute Gasteiger partial charge is 0.469 e. The van der Waals surface area contributed by atoms with Gasteiger partial charge in [0.2, 0.25) is 18.1 Å². The van der Waals surface area contributed by atoms with Gasteiger partial charge in [-0.3, -0.25) is 19.2 Å². The van der Waals surface area contributed by atoms with E-state index in [1.807, 2.05) is 6.92 Å². The molecule has 0 unspecified atom stereocenters. The number of rotatable bonds is 5. The van der Waals surface area contributed by atoms with Gasteiger partial charge in [-0.1, -0.05) is 0 Å². The minimum atomic E-state index is -0.616. The Kier molecular flexibility index (Phi) is 6.02. The molecule has 3 heterocycles. The molecule has 0 saturated carbocycles. The van der Waals surface area contributed by atoms with E-state index in [1.165, 1.54) is 13.3 Å². The minimum Gasteiger partial charge on any atom is -0.469 e. The fraction of sp³-hybridized carbons (Fsp3) is 0.455. The van der Waals surface area contributed by atoms with Gasteiger partial charge in [0.15, 0.2) is 11.5 Å². The van der Waals surface area contributed by atoms with Crippen LogP contribution in [0.4, 0.5) is 0 Å². The average Bonchev–Trinajstić information content (AvgIpc) is 3.29. The number of piperidine rings is 1. The van der Waals surface area contributed by atoms with Gasteiger partial charge in [-0.25, -0.2) is 0 Å². The highest BCUT2D eigenvalue weighted by Gasteiger charge is 2.28. The number of likely N-dealkylation sites (tertiary alicyclic amines) is 1. The molecule has 32 heavy (non-hydrogen) atoms. The first-order valence-electron chi connectivity index (χ1n) is 10.5. The molecule has 10 heteroatoms. The SMILES string of the molecule is CCn1cc(C(=O)NCC(=O)N2CCC(C(=O)OC)CC2)c(=O)c2cc3c(cc21)OCO3. The number of methoxy groups -OCH3 is 1. The number of aryl methyl sites for hydroxylation is 1. The summed E-state index contributed by atoms with van der Waals surface area (Å²) in [6.45, 7) is 3.12. The fourth-order valence-corrected chi connectivity index (χ4v) is 4.10. The predicted molar refractivity (Wildman–Crippen MR) is 114 cm³/mol. The first-order chi connectivity index (χ1) is 15.4. The molecule has 4 rings (SSSR count). The smallest absolute Gasteiger partial charge is 0.308 e. The third-order valence-electron chi connectivity index (χ3n) is 5.94. The van der Waals surface area contributed by atoms with Crippen molar-refractivity contribution in [1.82, 2.24) is 14.8 Å². The highest BCUT2D eigenvalue weighted by Crippen LogP contribution is 2.35. The van der Waals surface area contributed by atoms with Crippen molar-refractivity contribution in [1.29, 1.82) is 0 Å². The van der Waals surface area contributed by atoms with E-state index in [1.54, 1.807) is 21.6 Å². The molecule has 1 aromatic carbocycles. The van der Waals surface area contributed by atoms with E-state index in [4.69, 9.17) is 14.2 Å². The molecule has 0 radical (unpaired) electrons. The Balaban J connectivity index is 1.47. The van der Waals surface area contributed by atoms with Crippen molar-refractivity contribution in [2.75, 3.05) is 33.5 Å². The maximum atomic E-state index is 13.0. The second kappa shape index (κ2) is 8.89. The summed E-state index contributed by atoms with van der Waals surface area (Å²) in [5.41, 5.74) is 0.158. The Bertz CT molecular complexity index is 1130. The number of fused-ring (bicyclic) bond motifs is 2. The van der Waals surface area contributed by atoms with Crippen molar-refractivity contribution in [3.8, 4) is 11.5 Å². The molecule has 1 saturated heterocycles. The van der Waals surface area contributed by atoms with E-state index in [2.05, 4.69) is 5.32 Å². The van der Waals surface area contributed by atoms with Crippen LogP contribution in [-0.2, 0) is 20.9 Å². The second-order valence-corrected chi connectivity index (χ2v) is 7.74. The summed E-state index contributed by atoms with van der Waals surface area (Å²) < 4.78 is 17.3. The molecule has 0 atom stereocenters. The zero-order valence-electron chi connectivity index (χ0n) is 18.0. The van der Waals surface area contributed by atoms with Crippen LogP contribution in [0.3, 0.4) is 0 Å². The van der Waals surface area contributed by atoms with Crippen molar-refractivity contribution >= 4 is 28.7 Å². The van der Waals surface area contributed by atoms with E-state index >= 15 is 0 Å². The molecule has 2 aliphatic rings. The molecule has 0 aliphatic carbocycles. The van der Waals surface area contributed by atoms with Crippen molar-refractivity contribution < 1.29 is 28.6 Å². The van der Waals surface area contributed by atoms with Crippen LogP contribution in [0.25, 0.3) is 10.9 Å². The molecule has 10 nitrogen and oxygen atoms in total. The van der Waals surface area contributed by atoms with Crippen LogP contribution in [0, 0.1) is 5.92 Å². The number of pyridine rings is 1. The predicted octanol–water partition coefficient (Wildman–Crippen LogP) is 0.891. The highest BCUT2D eigenvalue weighted by atomic mass is 16.7. The molecule has 2 aliphatic heterocycles. The number of esters is 1. The summed E-state index contributed by atoms with van der Waals surface area (Å²) in [7, 11) is 1.35. The molecule has 0 bridgehead atoms. The topological polar surface area (TPSA) is 116 Å². The van der Waals surface area contributed by atoms with Gasteiger partial charge in [0, 0.05) is 31.9 Å². The third kappa shape index (κ3) is 4.00. The maximum Gasteiger partial charge on any atom is 0.308 e. The molecular formula is C22H25N3O7.